The van der Waals surface area contributed by atoms with E-state index in [0.29, 0.717) is 0 Å². The summed E-state index contributed by atoms with van der Waals surface area (Å²) in [6.07, 6.45) is 1.09. The second-order valence-corrected chi connectivity index (χ2v) is 5.56. The fraction of sp³-hybridized carbons (Fsp3) is 0.231. The number of nitrogen functional groups attached to an aromatic ring is 1. The van der Waals surface area contributed by atoms with Crippen LogP contribution in [0, 0.1) is 0 Å². The molecule has 0 fully saturated rings. The van der Waals surface area contributed by atoms with Crippen LogP contribution in [0.2, 0.25) is 0 Å². The summed E-state index contributed by atoms with van der Waals surface area (Å²) in [5, 5.41) is 4.31. The Morgan fingerprint density at radius 1 is 1.35 bits per heavy atom. The Kier molecular flexibility index (Phi) is 4.34. The predicted octanol–water partition coefficient (Wildman–Crippen LogP) is 3.67. The zero-order chi connectivity index (χ0) is 12.1. The number of ether oxygens (including phenoxy) is 1. The summed E-state index contributed by atoms with van der Waals surface area (Å²) in [6, 6.07) is 7.97. The summed E-state index contributed by atoms with van der Waals surface area (Å²) in [5.41, 5.74) is 7.86. The number of nitrogens with two attached hydrogens (primary N) is 1. The van der Waals surface area contributed by atoms with Gasteiger partial charge in [0.15, 0.2) is 0 Å². The van der Waals surface area contributed by atoms with Gasteiger partial charge < -0.3 is 10.5 Å². The van der Waals surface area contributed by atoms with Crippen molar-refractivity contribution in [2.45, 2.75) is 11.3 Å². The summed E-state index contributed by atoms with van der Waals surface area (Å²) in [6.45, 7) is 0. The van der Waals surface area contributed by atoms with Gasteiger partial charge in [-0.2, -0.15) is 11.3 Å². The van der Waals surface area contributed by atoms with Crippen LogP contribution >= 0.6 is 23.1 Å². The van der Waals surface area contributed by atoms with Gasteiger partial charge in [0.2, 0.25) is 0 Å². The number of methoxy groups -OCH3 is 1. The molecule has 0 saturated carbocycles. The Labute approximate surface area is 110 Å². The van der Waals surface area contributed by atoms with Gasteiger partial charge in [0.1, 0.15) is 5.75 Å². The molecule has 90 valence electrons. The second kappa shape index (κ2) is 5.98. The van der Waals surface area contributed by atoms with Crippen LogP contribution in [0.3, 0.4) is 0 Å². The quantitative estimate of drug-likeness (QED) is 0.661. The summed E-state index contributed by atoms with van der Waals surface area (Å²) >= 11 is 3.55. The lowest BCUT2D eigenvalue weighted by Crippen LogP contribution is -1.92. The first-order chi connectivity index (χ1) is 8.29. The minimum Gasteiger partial charge on any atom is -0.496 e. The van der Waals surface area contributed by atoms with Crippen LogP contribution < -0.4 is 10.5 Å². The molecule has 0 amide bonds. The van der Waals surface area contributed by atoms with Gasteiger partial charge in [0.05, 0.1) is 7.11 Å². The molecule has 1 heterocycles. The Morgan fingerprint density at radius 3 is 2.94 bits per heavy atom. The van der Waals surface area contributed by atoms with Crippen LogP contribution in [-0.2, 0) is 6.42 Å². The summed E-state index contributed by atoms with van der Waals surface area (Å²) in [4.78, 5) is 1.15. The van der Waals surface area contributed by atoms with Crippen LogP contribution in [0.4, 0.5) is 5.69 Å². The van der Waals surface area contributed by atoms with Crippen molar-refractivity contribution >= 4 is 28.8 Å². The van der Waals surface area contributed by atoms with E-state index in [4.69, 9.17) is 10.5 Å². The fourth-order valence-electron chi connectivity index (χ4n) is 1.52. The molecule has 17 heavy (non-hydrogen) atoms. The van der Waals surface area contributed by atoms with Crippen LogP contribution in [0.15, 0.2) is 39.9 Å². The number of thiophene rings is 1. The number of hydrogen-bond acceptors (Lipinski definition) is 4. The molecule has 0 aliphatic heterocycles. The van der Waals surface area contributed by atoms with E-state index in [1.54, 1.807) is 30.2 Å². The maximum Gasteiger partial charge on any atom is 0.134 e. The maximum absolute atomic E-state index is 5.72. The standard InChI is InChI=1S/C13H15NOS2/c1-15-12-8-11(14)2-3-13(12)17-7-5-10-4-6-16-9-10/h2-4,6,8-9H,5,7,14H2,1H3. The number of hydrogen-bond donors (Lipinski definition) is 1. The molecule has 1 aromatic heterocycles. The minimum absolute atomic E-state index is 0.740. The van der Waals surface area contributed by atoms with Gasteiger partial charge in [0, 0.05) is 22.4 Å². The summed E-state index contributed by atoms with van der Waals surface area (Å²) in [5.74, 6) is 1.91. The molecule has 2 aromatic rings. The Balaban J connectivity index is 1.94. The zero-order valence-electron chi connectivity index (χ0n) is 9.68. The highest BCUT2D eigenvalue weighted by atomic mass is 32.2. The smallest absolute Gasteiger partial charge is 0.134 e. The van der Waals surface area contributed by atoms with Crippen molar-refractivity contribution in [1.29, 1.82) is 0 Å². The van der Waals surface area contributed by atoms with Gasteiger partial charge in [-0.1, -0.05) is 0 Å². The molecular formula is C13H15NOS2. The molecule has 0 atom stereocenters. The van der Waals surface area contributed by atoms with E-state index in [1.165, 1.54) is 5.56 Å². The predicted molar refractivity (Wildman–Crippen MR) is 76.2 cm³/mol. The maximum atomic E-state index is 5.72. The van der Waals surface area contributed by atoms with Crippen molar-refractivity contribution in [2.24, 2.45) is 0 Å². The van der Waals surface area contributed by atoms with Crippen molar-refractivity contribution in [3.05, 3.63) is 40.6 Å². The first-order valence-electron chi connectivity index (χ1n) is 5.37. The highest BCUT2D eigenvalue weighted by Crippen LogP contribution is 2.31. The third-order valence-electron chi connectivity index (χ3n) is 2.42. The largest absolute Gasteiger partial charge is 0.496 e. The molecule has 0 saturated heterocycles. The van der Waals surface area contributed by atoms with E-state index < -0.39 is 0 Å². The number of rotatable bonds is 5. The SMILES string of the molecule is COc1cc(N)ccc1SCCc1ccsc1. The van der Waals surface area contributed by atoms with E-state index in [1.807, 2.05) is 18.2 Å². The molecule has 2 nitrogen and oxygen atoms in total. The number of anilines is 1. The monoisotopic (exact) mass is 265 g/mol. The van der Waals surface area contributed by atoms with E-state index >= 15 is 0 Å². The Morgan fingerprint density at radius 2 is 2.24 bits per heavy atom. The molecular weight excluding hydrogens is 250 g/mol. The number of thioether (sulfide) groups is 1. The van der Waals surface area contributed by atoms with Crippen LogP contribution in [-0.4, -0.2) is 12.9 Å². The van der Waals surface area contributed by atoms with Crippen molar-refractivity contribution < 1.29 is 4.74 Å². The van der Waals surface area contributed by atoms with Gasteiger partial charge >= 0.3 is 0 Å². The van der Waals surface area contributed by atoms with Gasteiger partial charge in [0.25, 0.3) is 0 Å². The molecule has 2 rings (SSSR count). The molecule has 0 spiro atoms. The minimum atomic E-state index is 0.740. The fourth-order valence-corrected chi connectivity index (χ4v) is 3.23. The lowest BCUT2D eigenvalue weighted by Gasteiger charge is -2.08. The number of benzene rings is 1. The molecule has 1 aromatic carbocycles. The van der Waals surface area contributed by atoms with Gasteiger partial charge in [-0.3, -0.25) is 0 Å². The van der Waals surface area contributed by atoms with Crippen LogP contribution in [0.5, 0.6) is 5.75 Å². The molecule has 0 unspecified atom stereocenters. The molecule has 0 bridgehead atoms. The summed E-state index contributed by atoms with van der Waals surface area (Å²) in [7, 11) is 1.68. The summed E-state index contributed by atoms with van der Waals surface area (Å²) < 4.78 is 5.32. The first kappa shape index (κ1) is 12.3. The van der Waals surface area contributed by atoms with E-state index in [2.05, 4.69) is 16.8 Å². The molecule has 0 aliphatic rings. The van der Waals surface area contributed by atoms with Crippen molar-refractivity contribution in [2.75, 3.05) is 18.6 Å². The van der Waals surface area contributed by atoms with E-state index in [9.17, 15) is 0 Å². The topological polar surface area (TPSA) is 35.2 Å². The lowest BCUT2D eigenvalue weighted by molar-refractivity contribution is 0.405. The van der Waals surface area contributed by atoms with Gasteiger partial charge in [-0.25, -0.2) is 0 Å². The highest BCUT2D eigenvalue weighted by molar-refractivity contribution is 7.99. The van der Waals surface area contributed by atoms with Crippen LogP contribution in [0.25, 0.3) is 0 Å². The highest BCUT2D eigenvalue weighted by Gasteiger charge is 2.04. The van der Waals surface area contributed by atoms with E-state index in [0.717, 1.165) is 28.5 Å². The Bertz CT molecular complexity index is 468. The molecule has 4 heteroatoms. The van der Waals surface area contributed by atoms with Crippen molar-refractivity contribution in [3.8, 4) is 5.75 Å². The van der Waals surface area contributed by atoms with Crippen molar-refractivity contribution in [3.63, 3.8) is 0 Å². The third kappa shape index (κ3) is 3.41. The lowest BCUT2D eigenvalue weighted by atomic mass is 10.3. The van der Waals surface area contributed by atoms with Crippen LogP contribution in [0.1, 0.15) is 5.56 Å². The van der Waals surface area contributed by atoms with Gasteiger partial charge in [-0.15, -0.1) is 11.8 Å². The van der Waals surface area contributed by atoms with Gasteiger partial charge in [-0.05, 0) is 40.9 Å². The van der Waals surface area contributed by atoms with Crippen molar-refractivity contribution in [1.82, 2.24) is 0 Å². The third-order valence-corrected chi connectivity index (χ3v) is 4.20. The first-order valence-corrected chi connectivity index (χ1v) is 7.30. The zero-order valence-corrected chi connectivity index (χ0v) is 11.3. The average Bonchev–Trinajstić information content (AvgIpc) is 2.84. The second-order valence-electron chi connectivity index (χ2n) is 3.64. The normalized spacial score (nSPS) is 10.4. The van der Waals surface area contributed by atoms with E-state index in [-0.39, 0.29) is 0 Å². The molecule has 0 aliphatic carbocycles. The number of aryl methyl sites for hydroxylation is 1. The average molecular weight is 265 g/mol. The molecule has 2 N–H and O–H groups in total. The Hall–Kier alpha value is -1.13. The molecule has 0 radical (unpaired) electrons.